The first-order valence-electron chi connectivity index (χ1n) is 8.28. The third-order valence-electron chi connectivity index (χ3n) is 5.07. The van der Waals surface area contributed by atoms with Gasteiger partial charge in [0.25, 0.3) is 0 Å². The summed E-state index contributed by atoms with van der Waals surface area (Å²) < 4.78 is 8.04. The molecule has 0 atom stereocenters. The molecule has 0 spiro atoms. The Labute approximate surface area is 143 Å². The quantitative estimate of drug-likeness (QED) is 0.794. The second-order valence-electron chi connectivity index (χ2n) is 7.03. The van der Waals surface area contributed by atoms with Gasteiger partial charge < -0.3 is 9.64 Å². The van der Waals surface area contributed by atoms with Crippen molar-refractivity contribution >= 4 is 17.7 Å². The highest BCUT2D eigenvalue weighted by Gasteiger charge is 2.36. The second-order valence-corrected chi connectivity index (χ2v) is 8.17. The Morgan fingerprint density at radius 1 is 1.13 bits per heavy atom. The maximum atomic E-state index is 12.3. The number of ketones is 1. The molecule has 1 aromatic rings. The van der Waals surface area contributed by atoms with Crippen molar-refractivity contribution < 1.29 is 9.53 Å². The van der Waals surface area contributed by atoms with Crippen LogP contribution in [0.25, 0.3) is 0 Å². The van der Waals surface area contributed by atoms with Crippen molar-refractivity contribution in [2.24, 2.45) is 0 Å². The lowest BCUT2D eigenvalue weighted by atomic mass is 9.72. The fraction of sp³-hybridized carbons (Fsp3) is 0.611. The molecule has 1 fully saturated rings. The van der Waals surface area contributed by atoms with E-state index in [2.05, 4.69) is 28.4 Å². The maximum absolute atomic E-state index is 12.3. The van der Waals surface area contributed by atoms with Gasteiger partial charge in [0.1, 0.15) is 11.5 Å². The van der Waals surface area contributed by atoms with Gasteiger partial charge in [-0.25, -0.2) is 4.31 Å². The van der Waals surface area contributed by atoms with Crippen molar-refractivity contribution in [3.05, 3.63) is 23.3 Å². The zero-order valence-corrected chi connectivity index (χ0v) is 15.3. The predicted molar refractivity (Wildman–Crippen MR) is 94.3 cm³/mol. The van der Waals surface area contributed by atoms with Crippen LogP contribution in [0.2, 0.25) is 0 Å². The number of nitrogens with zero attached hydrogens (tertiary/aromatic N) is 2. The summed E-state index contributed by atoms with van der Waals surface area (Å²) in [6, 6.07) is 4.33. The molecule has 0 amide bonds. The minimum absolute atomic E-state index is 0.325. The molecule has 0 radical (unpaired) electrons. The third-order valence-corrected chi connectivity index (χ3v) is 6.21. The summed E-state index contributed by atoms with van der Waals surface area (Å²) in [6.07, 6.45) is 1.49. The first-order chi connectivity index (χ1) is 10.9. The van der Waals surface area contributed by atoms with Gasteiger partial charge in [-0.15, -0.1) is 0 Å². The van der Waals surface area contributed by atoms with Gasteiger partial charge in [0.05, 0.1) is 12.0 Å². The van der Waals surface area contributed by atoms with E-state index >= 15 is 0 Å². The summed E-state index contributed by atoms with van der Waals surface area (Å²) >= 11 is 1.79. The Morgan fingerprint density at radius 3 is 2.48 bits per heavy atom. The van der Waals surface area contributed by atoms with E-state index in [4.69, 9.17) is 4.74 Å². The van der Waals surface area contributed by atoms with Crippen LogP contribution in [0.3, 0.4) is 0 Å². The van der Waals surface area contributed by atoms with Gasteiger partial charge in [0, 0.05) is 38.0 Å². The average Bonchev–Trinajstić information content (AvgIpc) is 2.53. The van der Waals surface area contributed by atoms with Crippen LogP contribution < -0.4 is 4.74 Å². The van der Waals surface area contributed by atoms with Crippen LogP contribution in [0, 0.1) is 0 Å². The molecular weight excluding hydrogens is 308 g/mol. The summed E-state index contributed by atoms with van der Waals surface area (Å²) in [5, 5.41) is 0. The molecule has 0 saturated carbocycles. The molecule has 0 bridgehead atoms. The van der Waals surface area contributed by atoms with E-state index in [9.17, 15) is 4.79 Å². The van der Waals surface area contributed by atoms with Crippen LogP contribution in [0.15, 0.2) is 17.0 Å². The monoisotopic (exact) mass is 334 g/mol. The zero-order chi connectivity index (χ0) is 16.6. The van der Waals surface area contributed by atoms with Gasteiger partial charge in [-0.2, -0.15) is 0 Å². The Balaban J connectivity index is 1.88. The minimum atomic E-state index is -0.405. The number of methoxy groups -OCH3 is 1. The normalized spacial score (nSPS) is 22.0. The first-order valence-corrected chi connectivity index (χ1v) is 9.05. The largest absolute Gasteiger partial charge is 0.496 e. The van der Waals surface area contributed by atoms with Crippen molar-refractivity contribution in [1.82, 2.24) is 9.21 Å². The van der Waals surface area contributed by atoms with Crippen LogP contribution in [0.1, 0.15) is 31.4 Å². The molecular formula is C18H26N2O2S. The highest BCUT2D eigenvalue weighted by molar-refractivity contribution is 7.97. The molecule has 1 saturated heterocycles. The van der Waals surface area contributed by atoms with Crippen molar-refractivity contribution in [3.8, 4) is 5.75 Å². The standard InChI is InChI=1S/C18H26N2O2S/c1-18(2)14-12-15(22-4)16(11-13(14)5-6-17(18)21)23-20-9-7-19(3)8-10-20/h11-12H,5-10H2,1-4H3. The summed E-state index contributed by atoms with van der Waals surface area (Å²) in [4.78, 5) is 15.8. The number of carbonyl (C=O) groups is 1. The van der Waals surface area contributed by atoms with Crippen molar-refractivity contribution in [1.29, 1.82) is 0 Å². The van der Waals surface area contributed by atoms with E-state index in [1.165, 1.54) is 10.5 Å². The molecule has 2 aliphatic rings. The van der Waals surface area contributed by atoms with Gasteiger partial charge in [-0.3, -0.25) is 4.79 Å². The SMILES string of the molecule is COc1cc2c(cc1SN1CCN(C)CC1)CCC(=O)C2(C)C. The number of aryl methyl sites for hydroxylation is 1. The molecule has 1 aliphatic carbocycles. The highest BCUT2D eigenvalue weighted by atomic mass is 32.2. The number of hydrogen-bond acceptors (Lipinski definition) is 5. The number of ether oxygens (including phenoxy) is 1. The maximum Gasteiger partial charge on any atom is 0.143 e. The lowest BCUT2D eigenvalue weighted by Crippen LogP contribution is -2.41. The molecule has 0 unspecified atom stereocenters. The Kier molecular flexibility index (Phi) is 4.72. The number of hydrogen-bond donors (Lipinski definition) is 0. The second kappa shape index (κ2) is 6.46. The lowest BCUT2D eigenvalue weighted by molar-refractivity contribution is -0.124. The number of carbonyl (C=O) groups excluding carboxylic acids is 1. The van der Waals surface area contributed by atoms with E-state index in [0.717, 1.165) is 43.9 Å². The van der Waals surface area contributed by atoms with Crippen LogP contribution in [0.4, 0.5) is 0 Å². The van der Waals surface area contributed by atoms with E-state index in [1.54, 1.807) is 19.1 Å². The molecule has 23 heavy (non-hydrogen) atoms. The van der Waals surface area contributed by atoms with Crippen LogP contribution in [-0.2, 0) is 16.6 Å². The van der Waals surface area contributed by atoms with E-state index < -0.39 is 5.41 Å². The van der Waals surface area contributed by atoms with E-state index in [1.807, 2.05) is 13.8 Å². The Morgan fingerprint density at radius 2 is 1.83 bits per heavy atom. The number of rotatable bonds is 3. The number of benzene rings is 1. The number of fused-ring (bicyclic) bond motifs is 1. The summed E-state index contributed by atoms with van der Waals surface area (Å²) in [7, 11) is 3.88. The molecule has 4 nitrogen and oxygen atoms in total. The summed E-state index contributed by atoms with van der Waals surface area (Å²) in [5.41, 5.74) is 2.03. The molecule has 5 heteroatoms. The fourth-order valence-corrected chi connectivity index (χ4v) is 4.40. The first kappa shape index (κ1) is 16.8. The summed E-state index contributed by atoms with van der Waals surface area (Å²) in [6.45, 7) is 8.38. The van der Waals surface area contributed by atoms with Gasteiger partial charge in [-0.1, -0.05) is 0 Å². The Hall–Kier alpha value is -1.04. The van der Waals surface area contributed by atoms with Crippen LogP contribution in [-0.4, -0.2) is 55.3 Å². The predicted octanol–water partition coefficient (Wildman–Crippen LogP) is 2.74. The van der Waals surface area contributed by atoms with Crippen molar-refractivity contribution in [3.63, 3.8) is 0 Å². The molecule has 1 aliphatic heterocycles. The molecule has 0 aromatic heterocycles. The number of likely N-dealkylation sites (N-methyl/N-ethyl adjacent to an activating group) is 1. The van der Waals surface area contributed by atoms with Gasteiger partial charge in [0.2, 0.25) is 0 Å². The van der Waals surface area contributed by atoms with Gasteiger partial charge in [0.15, 0.2) is 0 Å². The average molecular weight is 334 g/mol. The fourth-order valence-electron chi connectivity index (χ4n) is 3.35. The van der Waals surface area contributed by atoms with Crippen LogP contribution in [0.5, 0.6) is 5.75 Å². The van der Waals surface area contributed by atoms with E-state index in [0.29, 0.717) is 12.2 Å². The van der Waals surface area contributed by atoms with Crippen molar-refractivity contribution in [2.45, 2.75) is 37.0 Å². The van der Waals surface area contributed by atoms with Gasteiger partial charge >= 0.3 is 0 Å². The van der Waals surface area contributed by atoms with Crippen molar-refractivity contribution in [2.75, 3.05) is 40.3 Å². The lowest BCUT2D eigenvalue weighted by Gasteiger charge is -2.34. The smallest absolute Gasteiger partial charge is 0.143 e. The third kappa shape index (κ3) is 3.28. The van der Waals surface area contributed by atoms with E-state index in [-0.39, 0.29) is 0 Å². The minimum Gasteiger partial charge on any atom is -0.496 e. The molecule has 1 heterocycles. The molecule has 1 aromatic carbocycles. The van der Waals surface area contributed by atoms with Gasteiger partial charge in [-0.05, 0) is 62.5 Å². The topological polar surface area (TPSA) is 32.8 Å². The highest BCUT2D eigenvalue weighted by Crippen LogP contribution is 2.41. The number of Topliss-reactive ketones (excluding diaryl/α,β-unsaturated/α-hetero) is 1. The number of piperazine rings is 1. The Bertz CT molecular complexity index is 607. The summed E-state index contributed by atoms with van der Waals surface area (Å²) in [5.74, 6) is 1.21. The molecule has 3 rings (SSSR count). The molecule has 0 N–H and O–H groups in total. The molecule has 126 valence electrons. The zero-order valence-electron chi connectivity index (χ0n) is 14.5. The van der Waals surface area contributed by atoms with Crippen LogP contribution >= 0.6 is 11.9 Å².